The number of hydrogen-bond acceptors (Lipinski definition) is 3. The predicted molar refractivity (Wildman–Crippen MR) is 88.2 cm³/mol. The van der Waals surface area contributed by atoms with Crippen LogP contribution in [0, 0.1) is 0 Å². The van der Waals surface area contributed by atoms with Crippen LogP contribution in [0.15, 0.2) is 42.6 Å². The molecule has 1 aliphatic carbocycles. The summed E-state index contributed by atoms with van der Waals surface area (Å²) < 4.78 is 1.91. The minimum atomic E-state index is -0.304. The summed E-state index contributed by atoms with van der Waals surface area (Å²) in [5.41, 5.74) is 1.51. The van der Waals surface area contributed by atoms with Crippen LogP contribution < -0.4 is 5.32 Å². The number of hydrogen-bond donors (Lipinski definition) is 2. The summed E-state index contributed by atoms with van der Waals surface area (Å²) in [5, 5.41) is 16.8. The molecule has 5 heteroatoms. The highest BCUT2D eigenvalue weighted by atomic mass is 16.3. The van der Waals surface area contributed by atoms with Crippen LogP contribution in [0.5, 0.6) is 0 Å². The van der Waals surface area contributed by atoms with E-state index in [1.807, 2.05) is 41.2 Å². The van der Waals surface area contributed by atoms with E-state index >= 15 is 0 Å². The van der Waals surface area contributed by atoms with Crippen molar-refractivity contribution in [1.29, 1.82) is 0 Å². The van der Waals surface area contributed by atoms with Gasteiger partial charge < -0.3 is 10.4 Å². The number of amides is 1. The minimum Gasteiger partial charge on any atom is -0.394 e. The highest BCUT2D eigenvalue weighted by Gasteiger charge is 2.20. The molecule has 0 radical (unpaired) electrons. The van der Waals surface area contributed by atoms with Crippen LogP contribution in [0.25, 0.3) is 0 Å². The molecule has 1 aromatic heterocycles. The van der Waals surface area contributed by atoms with Crippen LogP contribution in [0.4, 0.5) is 0 Å². The topological polar surface area (TPSA) is 67.2 Å². The van der Waals surface area contributed by atoms with Crippen molar-refractivity contribution >= 4 is 5.91 Å². The number of nitrogens with one attached hydrogen (secondary N) is 1. The van der Waals surface area contributed by atoms with Crippen molar-refractivity contribution in [3.63, 3.8) is 0 Å². The SMILES string of the molecule is O=C(N[C@@H](CO)Cc1ccccc1)c1ccn(C2CCCC2)n1. The van der Waals surface area contributed by atoms with Crippen LogP contribution in [0.3, 0.4) is 0 Å². The molecule has 1 aromatic carbocycles. The predicted octanol–water partition coefficient (Wildman–Crippen LogP) is 2.33. The van der Waals surface area contributed by atoms with Gasteiger partial charge in [0.1, 0.15) is 5.69 Å². The molecule has 5 nitrogen and oxygen atoms in total. The fourth-order valence-electron chi connectivity index (χ4n) is 3.15. The lowest BCUT2D eigenvalue weighted by Crippen LogP contribution is -2.39. The third-order valence-electron chi connectivity index (χ3n) is 4.42. The molecule has 23 heavy (non-hydrogen) atoms. The van der Waals surface area contributed by atoms with Crippen molar-refractivity contribution in [3.8, 4) is 0 Å². The van der Waals surface area contributed by atoms with Crippen molar-refractivity contribution in [2.75, 3.05) is 6.61 Å². The highest BCUT2D eigenvalue weighted by Crippen LogP contribution is 2.28. The summed E-state index contributed by atoms with van der Waals surface area (Å²) in [5.74, 6) is -0.225. The van der Waals surface area contributed by atoms with E-state index in [-0.39, 0.29) is 18.6 Å². The molecule has 0 aliphatic heterocycles. The molecule has 2 N–H and O–H groups in total. The van der Waals surface area contributed by atoms with Crippen LogP contribution in [0.2, 0.25) is 0 Å². The minimum absolute atomic E-state index is 0.0933. The Labute approximate surface area is 136 Å². The first-order chi connectivity index (χ1) is 11.3. The number of aromatic nitrogens is 2. The van der Waals surface area contributed by atoms with Gasteiger partial charge in [0.05, 0.1) is 18.7 Å². The average Bonchev–Trinajstić information content (AvgIpc) is 3.26. The maximum Gasteiger partial charge on any atom is 0.272 e. The molecule has 1 aliphatic rings. The first-order valence-corrected chi connectivity index (χ1v) is 8.27. The van der Waals surface area contributed by atoms with Crippen molar-refractivity contribution in [1.82, 2.24) is 15.1 Å². The molecular weight excluding hydrogens is 290 g/mol. The largest absolute Gasteiger partial charge is 0.394 e. The second-order valence-electron chi connectivity index (χ2n) is 6.16. The number of aliphatic hydroxyl groups is 1. The van der Waals surface area contributed by atoms with E-state index in [0.717, 1.165) is 18.4 Å². The zero-order chi connectivity index (χ0) is 16.1. The van der Waals surface area contributed by atoms with E-state index in [4.69, 9.17) is 0 Å². The van der Waals surface area contributed by atoms with Gasteiger partial charge in [-0.3, -0.25) is 9.48 Å². The molecule has 1 saturated carbocycles. The second-order valence-corrected chi connectivity index (χ2v) is 6.16. The Bertz CT molecular complexity index is 633. The Morgan fingerprint density at radius 2 is 2.00 bits per heavy atom. The quantitative estimate of drug-likeness (QED) is 0.860. The summed E-state index contributed by atoms with van der Waals surface area (Å²) in [4.78, 5) is 12.3. The zero-order valence-electron chi connectivity index (χ0n) is 13.2. The summed E-state index contributed by atoms with van der Waals surface area (Å²) in [6.45, 7) is -0.0933. The van der Waals surface area contributed by atoms with Gasteiger partial charge in [0.2, 0.25) is 0 Å². The van der Waals surface area contributed by atoms with Gasteiger partial charge in [-0.1, -0.05) is 43.2 Å². The highest BCUT2D eigenvalue weighted by molar-refractivity contribution is 5.92. The first-order valence-electron chi connectivity index (χ1n) is 8.27. The smallest absolute Gasteiger partial charge is 0.272 e. The molecule has 0 spiro atoms. The van der Waals surface area contributed by atoms with E-state index in [0.29, 0.717) is 18.2 Å². The van der Waals surface area contributed by atoms with E-state index in [2.05, 4.69) is 10.4 Å². The third-order valence-corrected chi connectivity index (χ3v) is 4.42. The van der Waals surface area contributed by atoms with E-state index < -0.39 is 0 Å². The molecule has 0 bridgehead atoms. The molecule has 2 aromatic rings. The van der Waals surface area contributed by atoms with Crippen molar-refractivity contribution in [3.05, 3.63) is 53.9 Å². The van der Waals surface area contributed by atoms with E-state index in [9.17, 15) is 9.90 Å². The number of rotatable bonds is 6. The summed E-state index contributed by atoms with van der Waals surface area (Å²) in [6.07, 6.45) is 7.22. The summed E-state index contributed by atoms with van der Waals surface area (Å²) in [6, 6.07) is 11.7. The Morgan fingerprint density at radius 3 is 2.70 bits per heavy atom. The van der Waals surface area contributed by atoms with Crippen molar-refractivity contribution in [2.24, 2.45) is 0 Å². The van der Waals surface area contributed by atoms with Gasteiger partial charge in [-0.05, 0) is 30.9 Å². The Hall–Kier alpha value is -2.14. The zero-order valence-corrected chi connectivity index (χ0v) is 13.2. The van der Waals surface area contributed by atoms with Crippen molar-refractivity contribution in [2.45, 2.75) is 44.2 Å². The lowest BCUT2D eigenvalue weighted by atomic mass is 10.1. The normalized spacial score (nSPS) is 16.4. The molecule has 0 saturated heterocycles. The van der Waals surface area contributed by atoms with Gasteiger partial charge in [-0.25, -0.2) is 0 Å². The fourth-order valence-corrected chi connectivity index (χ4v) is 3.15. The van der Waals surface area contributed by atoms with Crippen LogP contribution in [-0.4, -0.2) is 33.4 Å². The van der Waals surface area contributed by atoms with Crippen LogP contribution in [-0.2, 0) is 6.42 Å². The summed E-state index contributed by atoms with van der Waals surface area (Å²) in [7, 11) is 0. The lowest BCUT2D eigenvalue weighted by molar-refractivity contribution is 0.0910. The van der Waals surface area contributed by atoms with Gasteiger partial charge in [0.25, 0.3) is 5.91 Å². The molecule has 1 heterocycles. The van der Waals surface area contributed by atoms with Crippen LogP contribution >= 0.6 is 0 Å². The second kappa shape index (κ2) is 7.42. The maximum atomic E-state index is 12.3. The molecule has 122 valence electrons. The molecular formula is C18H23N3O2. The van der Waals surface area contributed by atoms with Crippen molar-refractivity contribution < 1.29 is 9.90 Å². The molecule has 1 fully saturated rings. The first kappa shape index (κ1) is 15.7. The van der Waals surface area contributed by atoms with E-state index in [1.54, 1.807) is 6.07 Å². The third kappa shape index (κ3) is 3.99. The summed E-state index contributed by atoms with van der Waals surface area (Å²) >= 11 is 0. The molecule has 1 amide bonds. The lowest BCUT2D eigenvalue weighted by Gasteiger charge is -2.15. The van der Waals surface area contributed by atoms with E-state index in [1.165, 1.54) is 12.8 Å². The Kier molecular flexibility index (Phi) is 5.08. The number of aliphatic hydroxyl groups excluding tert-OH is 1. The van der Waals surface area contributed by atoms with Gasteiger partial charge in [-0.15, -0.1) is 0 Å². The van der Waals surface area contributed by atoms with Crippen LogP contribution in [0.1, 0.15) is 47.8 Å². The number of carbonyl (C=O) groups excluding carboxylic acids is 1. The number of nitrogens with zero attached hydrogens (tertiary/aromatic N) is 2. The Balaban J connectivity index is 1.60. The molecule has 0 unspecified atom stereocenters. The number of benzene rings is 1. The van der Waals surface area contributed by atoms with Gasteiger partial charge >= 0.3 is 0 Å². The van der Waals surface area contributed by atoms with Gasteiger partial charge in [0, 0.05) is 6.20 Å². The van der Waals surface area contributed by atoms with Gasteiger partial charge in [-0.2, -0.15) is 5.10 Å². The van der Waals surface area contributed by atoms with Gasteiger partial charge in [0.15, 0.2) is 0 Å². The average molecular weight is 313 g/mol. The maximum absolute atomic E-state index is 12.3. The standard InChI is InChI=1S/C18H23N3O2/c22-13-15(12-14-6-2-1-3-7-14)19-18(23)17-10-11-21(20-17)16-8-4-5-9-16/h1-3,6-7,10-11,15-16,22H,4-5,8-9,12-13H2,(H,19,23)/t15-/m1/s1. The monoisotopic (exact) mass is 313 g/mol. The number of carbonyl (C=O) groups is 1. The fraction of sp³-hybridized carbons (Fsp3) is 0.444. The molecule has 3 rings (SSSR count). The molecule has 1 atom stereocenters. The Morgan fingerprint density at radius 1 is 1.26 bits per heavy atom.